The molecule has 1 saturated carbocycles. The third kappa shape index (κ3) is 2.95. The predicted octanol–water partition coefficient (Wildman–Crippen LogP) is 1.14. The van der Waals surface area contributed by atoms with Gasteiger partial charge in [0.2, 0.25) is 0 Å². The summed E-state index contributed by atoms with van der Waals surface area (Å²) >= 11 is 0. The number of carboxylic acids is 1. The molecule has 0 aromatic carbocycles. The molecule has 1 aromatic heterocycles. The third-order valence-electron chi connectivity index (χ3n) is 3.35. The van der Waals surface area contributed by atoms with Crippen molar-refractivity contribution in [1.82, 2.24) is 10.2 Å². The van der Waals surface area contributed by atoms with Crippen LogP contribution in [0.15, 0.2) is 12.3 Å². The second-order valence-electron chi connectivity index (χ2n) is 4.59. The highest BCUT2D eigenvalue weighted by atomic mass is 16.4. The topological polar surface area (TPSA) is 95.3 Å². The first kappa shape index (κ1) is 12.8. The van der Waals surface area contributed by atoms with Crippen LogP contribution in [0.5, 0.6) is 0 Å². The van der Waals surface area contributed by atoms with E-state index in [1.807, 2.05) is 0 Å². The summed E-state index contributed by atoms with van der Waals surface area (Å²) in [7, 11) is 0. The van der Waals surface area contributed by atoms with E-state index in [9.17, 15) is 9.90 Å². The van der Waals surface area contributed by atoms with Crippen LogP contribution in [0.4, 0.5) is 5.82 Å². The van der Waals surface area contributed by atoms with Crippen molar-refractivity contribution in [3.63, 3.8) is 0 Å². The SMILES string of the molecule is O=C(O)c1ccnnc1NCC1CCCCC1O. The lowest BCUT2D eigenvalue weighted by Crippen LogP contribution is -2.30. The van der Waals surface area contributed by atoms with Crippen LogP contribution >= 0.6 is 0 Å². The molecule has 1 fully saturated rings. The molecule has 0 amide bonds. The van der Waals surface area contributed by atoms with Crippen LogP contribution < -0.4 is 5.32 Å². The molecule has 6 nitrogen and oxygen atoms in total. The zero-order valence-corrected chi connectivity index (χ0v) is 10.0. The predicted molar refractivity (Wildman–Crippen MR) is 65.4 cm³/mol. The number of hydrogen-bond donors (Lipinski definition) is 3. The van der Waals surface area contributed by atoms with E-state index in [1.54, 1.807) is 0 Å². The fourth-order valence-corrected chi connectivity index (χ4v) is 2.29. The van der Waals surface area contributed by atoms with Crippen molar-refractivity contribution in [2.75, 3.05) is 11.9 Å². The maximum atomic E-state index is 11.0. The van der Waals surface area contributed by atoms with E-state index < -0.39 is 5.97 Å². The van der Waals surface area contributed by atoms with Gasteiger partial charge in [-0.05, 0) is 18.9 Å². The van der Waals surface area contributed by atoms with Crippen LogP contribution in [0.2, 0.25) is 0 Å². The Bertz CT molecular complexity index is 425. The van der Waals surface area contributed by atoms with Gasteiger partial charge < -0.3 is 15.5 Å². The number of anilines is 1. The summed E-state index contributed by atoms with van der Waals surface area (Å²) in [5.74, 6) is -0.609. The number of aromatic carboxylic acids is 1. The maximum absolute atomic E-state index is 11.0. The van der Waals surface area contributed by atoms with Crippen molar-refractivity contribution in [3.05, 3.63) is 17.8 Å². The average molecular weight is 251 g/mol. The van der Waals surface area contributed by atoms with Gasteiger partial charge >= 0.3 is 5.97 Å². The Balaban J connectivity index is 1.99. The lowest BCUT2D eigenvalue weighted by atomic mass is 9.86. The quantitative estimate of drug-likeness (QED) is 0.742. The highest BCUT2D eigenvalue weighted by Crippen LogP contribution is 2.24. The molecular weight excluding hydrogens is 234 g/mol. The molecule has 18 heavy (non-hydrogen) atoms. The van der Waals surface area contributed by atoms with Crippen LogP contribution in [-0.2, 0) is 0 Å². The average Bonchev–Trinajstić information content (AvgIpc) is 2.38. The van der Waals surface area contributed by atoms with Gasteiger partial charge in [0.1, 0.15) is 5.56 Å². The van der Waals surface area contributed by atoms with E-state index in [2.05, 4.69) is 15.5 Å². The number of carbonyl (C=O) groups is 1. The van der Waals surface area contributed by atoms with Crippen molar-refractivity contribution in [2.45, 2.75) is 31.8 Å². The highest BCUT2D eigenvalue weighted by Gasteiger charge is 2.23. The van der Waals surface area contributed by atoms with Gasteiger partial charge in [-0.1, -0.05) is 12.8 Å². The molecule has 1 aromatic rings. The summed E-state index contributed by atoms with van der Waals surface area (Å²) < 4.78 is 0. The standard InChI is InChI=1S/C12H17N3O3/c16-10-4-2-1-3-8(10)7-13-11-9(12(17)18)5-6-14-15-11/h5-6,8,10,16H,1-4,7H2,(H,13,15)(H,17,18). The number of aliphatic hydroxyl groups is 1. The smallest absolute Gasteiger partial charge is 0.339 e. The molecule has 3 N–H and O–H groups in total. The van der Waals surface area contributed by atoms with Crippen molar-refractivity contribution in [3.8, 4) is 0 Å². The number of nitrogens with zero attached hydrogens (tertiary/aromatic N) is 2. The summed E-state index contributed by atoms with van der Waals surface area (Å²) in [5, 5.41) is 29.3. The minimum absolute atomic E-state index is 0.107. The molecule has 2 atom stereocenters. The van der Waals surface area contributed by atoms with E-state index in [4.69, 9.17) is 5.11 Å². The van der Waals surface area contributed by atoms with Gasteiger partial charge in [0.15, 0.2) is 5.82 Å². The number of aromatic nitrogens is 2. The van der Waals surface area contributed by atoms with E-state index in [0.29, 0.717) is 6.54 Å². The Morgan fingerprint density at radius 2 is 2.22 bits per heavy atom. The van der Waals surface area contributed by atoms with Crippen LogP contribution in [0.3, 0.4) is 0 Å². The van der Waals surface area contributed by atoms with E-state index >= 15 is 0 Å². The highest BCUT2D eigenvalue weighted by molar-refractivity contribution is 5.92. The third-order valence-corrected chi connectivity index (χ3v) is 3.35. The van der Waals surface area contributed by atoms with Crippen molar-refractivity contribution in [2.24, 2.45) is 5.92 Å². The van der Waals surface area contributed by atoms with E-state index in [1.165, 1.54) is 12.3 Å². The largest absolute Gasteiger partial charge is 0.478 e. The van der Waals surface area contributed by atoms with Gasteiger partial charge in [0.25, 0.3) is 0 Å². The zero-order valence-electron chi connectivity index (χ0n) is 10.0. The second kappa shape index (κ2) is 5.77. The maximum Gasteiger partial charge on any atom is 0.339 e. The Labute approximate surface area is 105 Å². The molecule has 1 aliphatic carbocycles. The van der Waals surface area contributed by atoms with Crippen LogP contribution in [0, 0.1) is 5.92 Å². The Morgan fingerprint density at radius 1 is 1.44 bits per heavy atom. The van der Waals surface area contributed by atoms with Crippen LogP contribution in [0.25, 0.3) is 0 Å². The zero-order chi connectivity index (χ0) is 13.0. The minimum Gasteiger partial charge on any atom is -0.478 e. The normalized spacial score (nSPS) is 23.6. The lowest BCUT2D eigenvalue weighted by Gasteiger charge is -2.27. The number of carboxylic acid groups (broad SMARTS) is 1. The molecule has 0 saturated heterocycles. The molecule has 2 unspecified atom stereocenters. The van der Waals surface area contributed by atoms with Gasteiger partial charge in [-0.2, -0.15) is 5.10 Å². The Hall–Kier alpha value is -1.69. The van der Waals surface area contributed by atoms with E-state index in [0.717, 1.165) is 25.7 Å². The number of rotatable bonds is 4. The van der Waals surface area contributed by atoms with Crippen molar-refractivity contribution < 1.29 is 15.0 Å². The Kier molecular flexibility index (Phi) is 4.09. The molecule has 2 rings (SSSR count). The molecular formula is C12H17N3O3. The number of hydrogen-bond acceptors (Lipinski definition) is 5. The molecule has 0 bridgehead atoms. The van der Waals surface area contributed by atoms with Gasteiger partial charge in [-0.15, -0.1) is 5.10 Å². The molecule has 1 aliphatic rings. The van der Waals surface area contributed by atoms with Gasteiger partial charge in [-0.25, -0.2) is 4.79 Å². The first-order chi connectivity index (χ1) is 8.68. The molecule has 0 aliphatic heterocycles. The first-order valence-corrected chi connectivity index (χ1v) is 6.15. The van der Waals surface area contributed by atoms with Gasteiger partial charge in [0.05, 0.1) is 12.3 Å². The molecule has 6 heteroatoms. The Morgan fingerprint density at radius 3 is 2.94 bits per heavy atom. The van der Waals surface area contributed by atoms with Crippen molar-refractivity contribution >= 4 is 11.8 Å². The minimum atomic E-state index is -1.03. The first-order valence-electron chi connectivity index (χ1n) is 6.15. The molecule has 0 radical (unpaired) electrons. The molecule has 98 valence electrons. The van der Waals surface area contributed by atoms with Crippen LogP contribution in [-0.4, -0.2) is 39.0 Å². The summed E-state index contributed by atoms with van der Waals surface area (Å²) in [5.41, 5.74) is 0.107. The summed E-state index contributed by atoms with van der Waals surface area (Å²) in [4.78, 5) is 11.0. The fourth-order valence-electron chi connectivity index (χ4n) is 2.29. The fraction of sp³-hybridized carbons (Fsp3) is 0.583. The molecule has 0 spiro atoms. The number of aliphatic hydroxyl groups excluding tert-OH is 1. The molecule has 1 heterocycles. The summed E-state index contributed by atoms with van der Waals surface area (Å²) in [6.07, 6.45) is 4.98. The van der Waals surface area contributed by atoms with E-state index in [-0.39, 0.29) is 23.4 Å². The summed E-state index contributed by atoms with van der Waals surface area (Å²) in [6, 6.07) is 1.41. The second-order valence-corrected chi connectivity index (χ2v) is 4.59. The number of nitrogens with one attached hydrogen (secondary N) is 1. The van der Waals surface area contributed by atoms with Gasteiger partial charge in [-0.3, -0.25) is 0 Å². The monoisotopic (exact) mass is 251 g/mol. The summed E-state index contributed by atoms with van der Waals surface area (Å²) in [6.45, 7) is 0.528. The van der Waals surface area contributed by atoms with Crippen LogP contribution in [0.1, 0.15) is 36.0 Å². The van der Waals surface area contributed by atoms with Crippen molar-refractivity contribution in [1.29, 1.82) is 0 Å². The lowest BCUT2D eigenvalue weighted by molar-refractivity contribution is 0.0697. The van der Waals surface area contributed by atoms with Gasteiger partial charge in [0, 0.05) is 12.5 Å².